The van der Waals surface area contributed by atoms with Crippen LogP contribution in [-0.2, 0) is 20.5 Å². The molecule has 0 bridgehead atoms. The van der Waals surface area contributed by atoms with Crippen molar-refractivity contribution in [3.05, 3.63) is 34.8 Å². The van der Waals surface area contributed by atoms with Gasteiger partial charge in [0.1, 0.15) is 5.01 Å². The van der Waals surface area contributed by atoms with Gasteiger partial charge in [-0.3, -0.25) is 0 Å². The number of sulfonamides is 1. The summed E-state index contributed by atoms with van der Waals surface area (Å²) >= 11 is 3.11. The topological polar surface area (TPSA) is 72.4 Å². The van der Waals surface area contributed by atoms with Crippen LogP contribution in [0.5, 0.6) is 0 Å². The number of hydrogen-bond acceptors (Lipinski definition) is 7. The molecule has 2 aromatic rings. The van der Waals surface area contributed by atoms with E-state index in [1.54, 1.807) is 30.0 Å². The Morgan fingerprint density at radius 2 is 2.09 bits per heavy atom. The van der Waals surface area contributed by atoms with Gasteiger partial charge in [-0.15, -0.1) is 10.2 Å². The lowest BCUT2D eigenvalue weighted by atomic mass is 10.2. The third-order valence-corrected chi connectivity index (χ3v) is 7.31. The van der Waals surface area contributed by atoms with Crippen molar-refractivity contribution < 1.29 is 13.2 Å². The molecule has 1 aliphatic rings. The zero-order valence-corrected chi connectivity index (χ0v) is 15.1. The number of morpholine rings is 1. The van der Waals surface area contributed by atoms with E-state index in [1.165, 1.54) is 15.6 Å². The zero-order chi connectivity index (χ0) is 16.3. The number of rotatable bonds is 5. The van der Waals surface area contributed by atoms with Crippen LogP contribution in [-0.4, -0.2) is 49.2 Å². The molecule has 1 aromatic carbocycles. The Bertz CT molecular complexity index is 770. The van der Waals surface area contributed by atoms with E-state index in [0.717, 1.165) is 14.9 Å². The first kappa shape index (κ1) is 16.8. The molecule has 23 heavy (non-hydrogen) atoms. The van der Waals surface area contributed by atoms with Crippen molar-refractivity contribution in [2.24, 2.45) is 0 Å². The molecule has 0 radical (unpaired) electrons. The highest BCUT2D eigenvalue weighted by Crippen LogP contribution is 2.27. The quantitative estimate of drug-likeness (QED) is 0.750. The van der Waals surface area contributed by atoms with Gasteiger partial charge in [0, 0.05) is 18.8 Å². The van der Waals surface area contributed by atoms with E-state index in [0.29, 0.717) is 37.0 Å². The maximum absolute atomic E-state index is 12.7. The lowest BCUT2D eigenvalue weighted by Gasteiger charge is -2.26. The van der Waals surface area contributed by atoms with Crippen molar-refractivity contribution in [3.8, 4) is 0 Å². The second kappa shape index (κ2) is 7.27. The van der Waals surface area contributed by atoms with Crippen LogP contribution >= 0.6 is 23.1 Å². The molecule has 0 aliphatic carbocycles. The summed E-state index contributed by atoms with van der Waals surface area (Å²) in [5.41, 5.74) is 0.956. The molecule has 0 saturated carbocycles. The number of aromatic nitrogens is 2. The molecule has 9 heteroatoms. The van der Waals surface area contributed by atoms with Crippen molar-refractivity contribution in [2.75, 3.05) is 26.3 Å². The Labute approximate surface area is 143 Å². The molecule has 1 fully saturated rings. The lowest BCUT2D eigenvalue weighted by molar-refractivity contribution is 0.0730. The largest absolute Gasteiger partial charge is 0.379 e. The number of nitrogens with zero attached hydrogens (tertiary/aromatic N) is 3. The summed E-state index contributed by atoms with van der Waals surface area (Å²) in [6.07, 6.45) is 0. The average Bonchev–Trinajstić information content (AvgIpc) is 2.99. The van der Waals surface area contributed by atoms with Gasteiger partial charge in [0.25, 0.3) is 0 Å². The molecule has 124 valence electrons. The van der Waals surface area contributed by atoms with Crippen LogP contribution in [0.15, 0.2) is 33.5 Å². The first-order valence-electron chi connectivity index (χ1n) is 7.15. The SMILES string of the molecule is Cc1nnc(SCc2cccc(S(=O)(=O)N3CCOCC3)c2)s1. The highest BCUT2D eigenvalue weighted by Gasteiger charge is 2.26. The van der Waals surface area contributed by atoms with Crippen LogP contribution in [0.25, 0.3) is 0 Å². The summed E-state index contributed by atoms with van der Waals surface area (Å²) in [5.74, 6) is 0.668. The minimum atomic E-state index is -3.44. The smallest absolute Gasteiger partial charge is 0.243 e. The van der Waals surface area contributed by atoms with Gasteiger partial charge in [0.2, 0.25) is 10.0 Å². The number of ether oxygens (including phenoxy) is 1. The molecule has 0 atom stereocenters. The van der Waals surface area contributed by atoms with Crippen molar-refractivity contribution in [1.29, 1.82) is 0 Å². The first-order valence-corrected chi connectivity index (χ1v) is 10.4. The zero-order valence-electron chi connectivity index (χ0n) is 12.6. The fraction of sp³-hybridized carbons (Fsp3) is 0.429. The molecule has 1 aromatic heterocycles. The molecule has 0 unspecified atom stereocenters. The molecule has 1 saturated heterocycles. The van der Waals surface area contributed by atoms with Crippen LogP contribution < -0.4 is 0 Å². The molecule has 1 aliphatic heterocycles. The monoisotopic (exact) mass is 371 g/mol. The van der Waals surface area contributed by atoms with Crippen LogP contribution in [0.4, 0.5) is 0 Å². The molecule has 3 rings (SSSR count). The highest BCUT2D eigenvalue weighted by molar-refractivity contribution is 8.00. The van der Waals surface area contributed by atoms with Gasteiger partial charge in [-0.1, -0.05) is 35.2 Å². The average molecular weight is 372 g/mol. The van der Waals surface area contributed by atoms with Gasteiger partial charge >= 0.3 is 0 Å². The number of thioether (sulfide) groups is 1. The minimum absolute atomic E-state index is 0.339. The van der Waals surface area contributed by atoms with E-state index in [4.69, 9.17) is 4.74 Å². The minimum Gasteiger partial charge on any atom is -0.379 e. The summed E-state index contributed by atoms with van der Waals surface area (Å²) in [6.45, 7) is 3.63. The van der Waals surface area contributed by atoms with Gasteiger partial charge in [0.15, 0.2) is 4.34 Å². The summed E-state index contributed by atoms with van der Waals surface area (Å²) in [6, 6.07) is 7.10. The normalized spacial score (nSPS) is 16.6. The second-order valence-corrected chi connectivity index (χ2v) is 9.38. The van der Waals surface area contributed by atoms with E-state index in [9.17, 15) is 8.42 Å². The summed E-state index contributed by atoms with van der Waals surface area (Å²) in [4.78, 5) is 0.339. The summed E-state index contributed by atoms with van der Waals surface area (Å²) in [5, 5.41) is 8.97. The van der Waals surface area contributed by atoms with Crippen LogP contribution in [0, 0.1) is 6.92 Å². The molecular formula is C14H17N3O3S3. The lowest BCUT2D eigenvalue weighted by Crippen LogP contribution is -2.40. The van der Waals surface area contributed by atoms with Crippen molar-refractivity contribution in [1.82, 2.24) is 14.5 Å². The molecule has 6 nitrogen and oxygen atoms in total. The van der Waals surface area contributed by atoms with E-state index >= 15 is 0 Å². The van der Waals surface area contributed by atoms with Gasteiger partial charge < -0.3 is 4.74 Å². The van der Waals surface area contributed by atoms with E-state index in [-0.39, 0.29) is 0 Å². The van der Waals surface area contributed by atoms with E-state index in [1.807, 2.05) is 13.0 Å². The van der Waals surface area contributed by atoms with Gasteiger partial charge in [-0.2, -0.15) is 4.31 Å². The number of hydrogen-bond donors (Lipinski definition) is 0. The van der Waals surface area contributed by atoms with Gasteiger partial charge in [0.05, 0.1) is 18.1 Å². The van der Waals surface area contributed by atoms with Crippen molar-refractivity contribution >= 4 is 33.1 Å². The Morgan fingerprint density at radius 3 is 2.78 bits per heavy atom. The number of aryl methyl sites for hydroxylation is 1. The predicted octanol–water partition coefficient (Wildman–Crippen LogP) is 2.16. The third-order valence-electron chi connectivity index (χ3n) is 3.38. The van der Waals surface area contributed by atoms with E-state index in [2.05, 4.69) is 10.2 Å². The predicted molar refractivity (Wildman–Crippen MR) is 90.2 cm³/mol. The van der Waals surface area contributed by atoms with Crippen LogP contribution in [0.3, 0.4) is 0 Å². The maximum atomic E-state index is 12.7. The Balaban J connectivity index is 1.73. The van der Waals surface area contributed by atoms with Crippen LogP contribution in [0.2, 0.25) is 0 Å². The Kier molecular flexibility index (Phi) is 5.32. The summed E-state index contributed by atoms with van der Waals surface area (Å²) < 4.78 is 32.9. The molecule has 2 heterocycles. The van der Waals surface area contributed by atoms with Crippen molar-refractivity contribution in [3.63, 3.8) is 0 Å². The van der Waals surface area contributed by atoms with E-state index < -0.39 is 10.0 Å². The Morgan fingerprint density at radius 1 is 1.30 bits per heavy atom. The summed E-state index contributed by atoms with van der Waals surface area (Å²) in [7, 11) is -3.44. The van der Waals surface area contributed by atoms with Crippen LogP contribution in [0.1, 0.15) is 10.6 Å². The molecule has 0 spiro atoms. The standard InChI is InChI=1S/C14H17N3O3S3/c1-11-15-16-14(22-11)21-10-12-3-2-4-13(9-12)23(18,19)17-5-7-20-8-6-17/h2-4,9H,5-8,10H2,1H3. The molecule has 0 N–H and O–H groups in total. The molecule has 0 amide bonds. The third kappa shape index (κ3) is 4.10. The highest BCUT2D eigenvalue weighted by atomic mass is 32.2. The Hall–Kier alpha value is -1.00. The fourth-order valence-electron chi connectivity index (χ4n) is 2.21. The maximum Gasteiger partial charge on any atom is 0.243 e. The first-order chi connectivity index (χ1) is 11.1. The van der Waals surface area contributed by atoms with Gasteiger partial charge in [-0.25, -0.2) is 8.42 Å². The van der Waals surface area contributed by atoms with Gasteiger partial charge in [-0.05, 0) is 24.6 Å². The fourth-order valence-corrected chi connectivity index (χ4v) is 5.45. The number of benzene rings is 1. The molecular weight excluding hydrogens is 354 g/mol. The second-order valence-electron chi connectivity index (χ2n) is 5.04. The van der Waals surface area contributed by atoms with Crippen molar-refractivity contribution in [2.45, 2.75) is 21.9 Å².